The number of nitrogens with zero attached hydrogens (tertiary/aromatic N) is 1. The molecule has 0 unspecified atom stereocenters. The number of rotatable bonds is 2. The summed E-state index contributed by atoms with van der Waals surface area (Å²) in [5.74, 6) is 16.5. The molecule has 1 saturated heterocycles. The number of carbonyl (C=O) groups excluding carboxylic acids is 1. The number of allylic oxidation sites excluding steroid dienone is 2. The zero-order valence-electron chi connectivity index (χ0n) is 42.5. The number of nitrogens with two attached hydrogens (primary N) is 1. The molecule has 7 aliphatic carbocycles. The van der Waals surface area contributed by atoms with Crippen LogP contribution in [0.25, 0.3) is 0 Å². The topological polar surface area (TPSA) is 211 Å². The van der Waals surface area contributed by atoms with Crippen LogP contribution in [0.5, 0.6) is 11.5 Å². The van der Waals surface area contributed by atoms with Gasteiger partial charge in [0.1, 0.15) is 12.2 Å². The van der Waals surface area contributed by atoms with Crippen LogP contribution in [0.3, 0.4) is 0 Å². The van der Waals surface area contributed by atoms with E-state index in [4.69, 9.17) is 20.2 Å². The molecular formula is C58H77N5O8S2. The van der Waals surface area contributed by atoms with Crippen LogP contribution in [0.4, 0.5) is 0 Å². The Morgan fingerprint density at radius 2 is 1.90 bits per heavy atom. The Balaban J connectivity index is 1.05. The van der Waals surface area contributed by atoms with Crippen LogP contribution in [-0.2, 0) is 16.0 Å². The molecule has 0 aromatic heterocycles. The third-order valence-electron chi connectivity index (χ3n) is 20.7. The largest absolute Gasteiger partial charge is 0.504 e. The van der Waals surface area contributed by atoms with Crippen molar-refractivity contribution >= 4 is 33.5 Å². The number of phenolic OH excluding ortho intramolecular Hbond substituents is 1. The first-order valence-electron chi connectivity index (χ1n) is 27.9. The van der Waals surface area contributed by atoms with Gasteiger partial charge in [0.05, 0.1) is 34.5 Å². The predicted molar refractivity (Wildman–Crippen MR) is 284 cm³/mol. The quantitative estimate of drug-likeness (QED) is 0.0523. The number of hydrogen-bond acceptors (Lipinski definition) is 15. The summed E-state index contributed by atoms with van der Waals surface area (Å²) in [6.45, 7) is 3.42. The highest BCUT2D eigenvalue weighted by atomic mass is 33.1. The standard InChI is InChI=1S/C58H77N5O8S2/c1-34(64)70-48-25-41(65)14-19-56-18-13-36-21-35-9-12-43(30-60-32-55(27-35)28-42(15-20-61-55)71-49-24-38(23-44(36)48)45(52(68)69)26-47(49)66)73-72-33-57(63-53(59)62-50(56)7-2-8-51(56)67)31-54-16-3-6-40(54)22-37-10-11-39-5-4-17-58(39,57)46(37)29-54/h2,7,22,24,26,35-36,39-44,46,48,50-52,60-61,65-69H,3-6,8,10-11,14-17,19-21,23,25,27-33H2,1H3,(H3,59,62,63)/t35-,36+,39+,40+,41-,42-,43+,44-,46-,48-,50+,51-,54-,55-,56+,57+,58-/m0/s1. The third-order valence-corrected chi connectivity index (χ3v) is 23.4. The summed E-state index contributed by atoms with van der Waals surface area (Å²) >= 11 is 0. The summed E-state index contributed by atoms with van der Waals surface area (Å²) < 4.78 is 13.0. The maximum atomic E-state index is 13.2. The summed E-state index contributed by atoms with van der Waals surface area (Å²) in [5.41, 5.74) is 8.15. The second kappa shape index (κ2) is 19.6. The van der Waals surface area contributed by atoms with Gasteiger partial charge in [0.25, 0.3) is 0 Å². The highest BCUT2D eigenvalue weighted by Crippen LogP contribution is 2.74. The van der Waals surface area contributed by atoms with Crippen molar-refractivity contribution in [2.75, 3.05) is 25.4 Å². The minimum absolute atomic E-state index is 0.0314. The lowest BCUT2D eigenvalue weighted by atomic mass is 9.39. The van der Waals surface area contributed by atoms with Crippen LogP contribution in [0.15, 0.2) is 40.9 Å². The van der Waals surface area contributed by atoms with E-state index in [0.29, 0.717) is 87.4 Å². The number of guanidine groups is 1. The van der Waals surface area contributed by atoms with Gasteiger partial charge in [0.15, 0.2) is 23.7 Å². The van der Waals surface area contributed by atoms with E-state index in [1.54, 1.807) is 11.6 Å². The number of aromatic hydroxyl groups is 1. The second-order valence-corrected chi connectivity index (χ2v) is 27.2. The Labute approximate surface area is 439 Å². The monoisotopic (exact) mass is 1040 g/mol. The molecule has 5 spiro atoms. The fourth-order valence-corrected chi connectivity index (χ4v) is 20.4. The predicted octanol–water partition coefficient (Wildman–Crippen LogP) is 6.32. The first-order valence-corrected chi connectivity index (χ1v) is 30.3. The summed E-state index contributed by atoms with van der Waals surface area (Å²) in [7, 11) is 3.84. The van der Waals surface area contributed by atoms with E-state index in [9.17, 15) is 30.3 Å². The highest BCUT2D eigenvalue weighted by Gasteiger charge is 2.71. The van der Waals surface area contributed by atoms with Crippen molar-refractivity contribution in [1.29, 1.82) is 0 Å². The minimum atomic E-state index is -1.93. The second-order valence-electron chi connectivity index (χ2n) is 24.6. The average molecular weight is 1040 g/mol. The van der Waals surface area contributed by atoms with E-state index in [0.717, 1.165) is 12.2 Å². The normalized spacial score (nSPS) is 44.7. The van der Waals surface area contributed by atoms with E-state index in [1.165, 1.54) is 70.8 Å². The van der Waals surface area contributed by atoms with E-state index >= 15 is 0 Å². The summed E-state index contributed by atoms with van der Waals surface area (Å²) in [6.07, 6.45) is 17.8. The van der Waals surface area contributed by atoms with Gasteiger partial charge >= 0.3 is 5.97 Å². The van der Waals surface area contributed by atoms with Gasteiger partial charge in [-0.2, -0.15) is 0 Å². The van der Waals surface area contributed by atoms with Gasteiger partial charge in [-0.05, 0) is 144 Å². The zero-order chi connectivity index (χ0) is 50.3. The van der Waals surface area contributed by atoms with Crippen molar-refractivity contribution in [3.63, 3.8) is 0 Å². The van der Waals surface area contributed by atoms with Gasteiger partial charge in [-0.1, -0.05) is 81.9 Å². The molecule has 394 valence electrons. The fourth-order valence-electron chi connectivity index (χ4n) is 17.6. The zero-order valence-corrected chi connectivity index (χ0v) is 44.1. The molecule has 5 fully saturated rings. The third kappa shape index (κ3) is 8.94. The number of esters is 1. The SMILES string of the molecule is CC(=O)O[C@H]1C[C@@H](O)CC[C@]23C#C[C@@H]4C[C@@H]5C#C[C@H](CNC[C@]6(C5)C[C@H](CCN6)Oc5cc(c(C(O)O)cc5O)C[C@@H]41)SSC[C@@]1(C[C@@]45CCC[C@@H]4C=C4CC[C@H]6CCC[C@@]61[C@H]4C5)NC(N)=N[C@@H]2C=CC[C@@H]3O. The summed E-state index contributed by atoms with van der Waals surface area (Å²) in [4.78, 5) is 18.7. The first kappa shape index (κ1) is 50.4. The Hall–Kier alpha value is -3.38. The summed E-state index contributed by atoms with van der Waals surface area (Å²) in [5, 5.41) is 70.1. The number of phenols is 1. The van der Waals surface area contributed by atoms with Crippen molar-refractivity contribution in [3.8, 4) is 35.2 Å². The van der Waals surface area contributed by atoms with Gasteiger partial charge in [-0.15, -0.1) is 0 Å². The number of aliphatic imine (C=N–C) groups is 1. The molecule has 1 aromatic carbocycles. The Morgan fingerprint density at radius 3 is 2.77 bits per heavy atom. The van der Waals surface area contributed by atoms with Crippen LogP contribution in [0.2, 0.25) is 0 Å². The number of fused-ring (bicyclic) bond motifs is 4. The number of aliphatic hydroxyl groups excluding tert-OH is 3. The molecule has 12 rings (SSSR count). The maximum absolute atomic E-state index is 13.2. The number of piperidine rings is 1. The Kier molecular flexibility index (Phi) is 13.5. The molecular weight excluding hydrogens is 959 g/mol. The van der Waals surface area contributed by atoms with Crippen molar-refractivity contribution < 1.29 is 39.8 Å². The molecule has 15 heteroatoms. The van der Waals surface area contributed by atoms with E-state index in [2.05, 4.69) is 51.8 Å². The van der Waals surface area contributed by atoms with Crippen LogP contribution in [0, 0.1) is 75.4 Å². The molecule has 11 aliphatic rings. The van der Waals surface area contributed by atoms with Gasteiger partial charge in [0, 0.05) is 72.9 Å². The molecule has 0 amide bonds. The average Bonchev–Trinajstić information content (AvgIpc) is 3.99. The van der Waals surface area contributed by atoms with Crippen LogP contribution >= 0.6 is 21.6 Å². The molecule has 73 heavy (non-hydrogen) atoms. The number of hydrogen-bond donors (Lipinski definition) is 9. The number of ether oxygens (including phenoxy) is 2. The Morgan fingerprint density at radius 1 is 1.03 bits per heavy atom. The van der Waals surface area contributed by atoms with Gasteiger partial charge < -0.3 is 56.7 Å². The van der Waals surface area contributed by atoms with Gasteiger partial charge in [-0.3, -0.25) is 4.79 Å². The lowest BCUT2D eigenvalue weighted by Gasteiger charge is -2.68. The first-order chi connectivity index (χ1) is 35.2. The molecule has 4 saturated carbocycles. The van der Waals surface area contributed by atoms with E-state index < -0.39 is 59.4 Å². The lowest BCUT2D eigenvalue weighted by molar-refractivity contribution is -0.152. The van der Waals surface area contributed by atoms with Gasteiger partial charge in [0.2, 0.25) is 0 Å². The van der Waals surface area contributed by atoms with E-state index in [-0.39, 0.29) is 70.0 Å². The minimum Gasteiger partial charge on any atom is -0.504 e. The number of carbonyl (C=O) groups is 1. The summed E-state index contributed by atoms with van der Waals surface area (Å²) in [6, 6.07) is 2.43. The smallest absolute Gasteiger partial charge is 0.302 e. The van der Waals surface area contributed by atoms with E-state index in [1.807, 2.05) is 27.7 Å². The molecule has 10 bridgehead atoms. The van der Waals surface area contributed by atoms with Gasteiger partial charge in [-0.25, -0.2) is 4.99 Å². The van der Waals surface area contributed by atoms with Crippen molar-refractivity contribution in [3.05, 3.63) is 47.1 Å². The molecule has 0 radical (unpaired) electrons. The fraction of sp³-hybridized carbons (Fsp3) is 0.724. The van der Waals surface area contributed by atoms with Crippen LogP contribution in [0.1, 0.15) is 140 Å². The van der Waals surface area contributed by atoms with Crippen molar-refractivity contribution in [1.82, 2.24) is 16.0 Å². The molecule has 4 heterocycles. The molecule has 17 atom stereocenters. The van der Waals surface area contributed by atoms with Crippen LogP contribution in [-0.4, -0.2) is 110 Å². The highest BCUT2D eigenvalue weighted by molar-refractivity contribution is 8.77. The Bertz CT molecular complexity index is 2550. The van der Waals surface area contributed by atoms with Crippen LogP contribution < -0.4 is 26.4 Å². The lowest BCUT2D eigenvalue weighted by Crippen LogP contribution is -2.73. The number of aliphatic hydroxyl groups is 4. The molecule has 4 aliphatic heterocycles. The number of benzene rings is 1. The number of nitrogens with one attached hydrogen (secondary N) is 3. The molecule has 13 nitrogen and oxygen atoms in total. The van der Waals surface area contributed by atoms with Crippen molar-refractivity contribution in [2.45, 2.75) is 182 Å². The molecule has 10 N–H and O–H groups in total. The van der Waals surface area contributed by atoms with Crippen molar-refractivity contribution in [2.24, 2.45) is 62.5 Å². The maximum Gasteiger partial charge on any atom is 0.302 e. The molecule has 1 aromatic rings.